The highest BCUT2D eigenvalue weighted by Crippen LogP contribution is 2.20. The molecule has 15 heavy (non-hydrogen) atoms. The summed E-state index contributed by atoms with van der Waals surface area (Å²) in [5.74, 6) is 4.93. The number of ether oxygens (including phenoxy) is 1. The molecule has 1 fully saturated rings. The van der Waals surface area contributed by atoms with E-state index >= 15 is 0 Å². The third kappa shape index (κ3) is 3.15. The van der Waals surface area contributed by atoms with Crippen molar-refractivity contribution in [2.45, 2.75) is 44.9 Å². The second-order valence-corrected chi connectivity index (χ2v) is 4.22. The van der Waals surface area contributed by atoms with Gasteiger partial charge in [0, 0.05) is 25.1 Å². The SMILES string of the molecule is CC1OCCC1N(C)C(C)CC(=O)NN. The summed E-state index contributed by atoms with van der Waals surface area (Å²) in [4.78, 5) is 13.3. The number of nitrogens with two attached hydrogens (primary N) is 1. The van der Waals surface area contributed by atoms with Crippen LogP contribution in [-0.4, -0.2) is 42.6 Å². The van der Waals surface area contributed by atoms with E-state index < -0.39 is 0 Å². The van der Waals surface area contributed by atoms with E-state index in [1.807, 2.05) is 14.0 Å². The highest BCUT2D eigenvalue weighted by molar-refractivity contribution is 5.75. The number of carbonyl (C=O) groups is 1. The Hall–Kier alpha value is -0.650. The first-order valence-corrected chi connectivity index (χ1v) is 5.39. The third-order valence-electron chi connectivity index (χ3n) is 3.20. The molecule has 1 saturated heterocycles. The topological polar surface area (TPSA) is 67.6 Å². The predicted molar refractivity (Wildman–Crippen MR) is 58.0 cm³/mol. The number of carbonyl (C=O) groups excluding carboxylic acids is 1. The van der Waals surface area contributed by atoms with Crippen molar-refractivity contribution in [2.24, 2.45) is 5.84 Å². The van der Waals surface area contributed by atoms with Crippen LogP contribution in [0.5, 0.6) is 0 Å². The van der Waals surface area contributed by atoms with Crippen LogP contribution < -0.4 is 11.3 Å². The van der Waals surface area contributed by atoms with E-state index in [-0.39, 0.29) is 18.1 Å². The van der Waals surface area contributed by atoms with Crippen LogP contribution >= 0.6 is 0 Å². The second kappa shape index (κ2) is 5.44. The summed E-state index contributed by atoms with van der Waals surface area (Å²) < 4.78 is 5.50. The van der Waals surface area contributed by atoms with Gasteiger partial charge < -0.3 is 4.74 Å². The lowest BCUT2D eigenvalue weighted by Gasteiger charge is -2.31. The van der Waals surface area contributed by atoms with Crippen LogP contribution in [0.2, 0.25) is 0 Å². The van der Waals surface area contributed by atoms with Gasteiger partial charge in [0.1, 0.15) is 0 Å². The normalized spacial score (nSPS) is 28.1. The molecule has 0 saturated carbocycles. The summed E-state index contributed by atoms with van der Waals surface area (Å²) in [6.07, 6.45) is 1.71. The molecular formula is C10H21N3O2. The summed E-state index contributed by atoms with van der Waals surface area (Å²) in [5.41, 5.74) is 2.16. The average molecular weight is 215 g/mol. The quantitative estimate of drug-likeness (QED) is 0.389. The Bertz CT molecular complexity index is 223. The molecule has 1 amide bonds. The zero-order valence-corrected chi connectivity index (χ0v) is 9.69. The monoisotopic (exact) mass is 215 g/mol. The maximum absolute atomic E-state index is 11.1. The Kier molecular flexibility index (Phi) is 4.50. The minimum absolute atomic E-state index is 0.124. The molecule has 3 unspecified atom stereocenters. The number of hydrogen-bond acceptors (Lipinski definition) is 4. The molecule has 0 aromatic heterocycles. The lowest BCUT2D eigenvalue weighted by atomic mass is 10.1. The maximum atomic E-state index is 11.1. The van der Waals surface area contributed by atoms with Crippen molar-refractivity contribution in [3.63, 3.8) is 0 Å². The number of hydrazine groups is 1. The summed E-state index contributed by atoms with van der Waals surface area (Å²) in [7, 11) is 2.03. The van der Waals surface area contributed by atoms with Crippen molar-refractivity contribution in [3.8, 4) is 0 Å². The van der Waals surface area contributed by atoms with Crippen LogP contribution in [0.15, 0.2) is 0 Å². The first-order chi connectivity index (χ1) is 7.06. The standard InChI is InChI=1S/C10H21N3O2/c1-7(6-10(14)12-11)13(3)9-4-5-15-8(9)2/h7-9H,4-6,11H2,1-3H3,(H,12,14). The molecule has 1 aliphatic heterocycles. The molecule has 1 aliphatic rings. The highest BCUT2D eigenvalue weighted by atomic mass is 16.5. The van der Waals surface area contributed by atoms with Gasteiger partial charge in [-0.1, -0.05) is 0 Å². The minimum atomic E-state index is -0.124. The van der Waals surface area contributed by atoms with Gasteiger partial charge in [-0.2, -0.15) is 0 Å². The molecule has 0 radical (unpaired) electrons. The third-order valence-corrected chi connectivity index (χ3v) is 3.20. The Labute approximate surface area is 90.9 Å². The largest absolute Gasteiger partial charge is 0.377 e. The molecule has 5 heteroatoms. The number of nitrogens with one attached hydrogen (secondary N) is 1. The van der Waals surface area contributed by atoms with Crippen LogP contribution in [0.25, 0.3) is 0 Å². The number of amides is 1. The predicted octanol–water partition coefficient (Wildman–Crippen LogP) is -0.136. The van der Waals surface area contributed by atoms with Gasteiger partial charge in [-0.3, -0.25) is 15.1 Å². The van der Waals surface area contributed by atoms with Gasteiger partial charge in [0.2, 0.25) is 5.91 Å². The van der Waals surface area contributed by atoms with E-state index in [1.165, 1.54) is 0 Å². The summed E-state index contributed by atoms with van der Waals surface area (Å²) in [6, 6.07) is 0.591. The molecule has 0 aromatic rings. The molecule has 0 spiro atoms. The van der Waals surface area contributed by atoms with Gasteiger partial charge in [-0.15, -0.1) is 0 Å². The van der Waals surface area contributed by atoms with E-state index in [0.717, 1.165) is 13.0 Å². The summed E-state index contributed by atoms with van der Waals surface area (Å²) >= 11 is 0. The Morgan fingerprint density at radius 3 is 2.87 bits per heavy atom. The Morgan fingerprint density at radius 1 is 1.73 bits per heavy atom. The van der Waals surface area contributed by atoms with Crippen LogP contribution in [0.3, 0.4) is 0 Å². The fourth-order valence-electron chi connectivity index (χ4n) is 2.05. The Balaban J connectivity index is 2.44. The molecule has 0 aromatic carbocycles. The van der Waals surface area contributed by atoms with Gasteiger partial charge in [0.05, 0.1) is 6.10 Å². The molecule has 1 rings (SSSR count). The van der Waals surface area contributed by atoms with E-state index in [9.17, 15) is 4.79 Å². The van der Waals surface area contributed by atoms with Crippen molar-refractivity contribution in [2.75, 3.05) is 13.7 Å². The highest BCUT2D eigenvalue weighted by Gasteiger charge is 2.30. The summed E-state index contributed by atoms with van der Waals surface area (Å²) in [5, 5.41) is 0. The minimum Gasteiger partial charge on any atom is -0.377 e. The average Bonchev–Trinajstić information content (AvgIpc) is 2.63. The number of hydrogen-bond donors (Lipinski definition) is 2. The van der Waals surface area contributed by atoms with Gasteiger partial charge in [-0.05, 0) is 27.3 Å². The number of likely N-dealkylation sites (N-methyl/N-ethyl adjacent to an activating group) is 1. The number of nitrogens with zero attached hydrogens (tertiary/aromatic N) is 1. The molecule has 3 N–H and O–H groups in total. The second-order valence-electron chi connectivity index (χ2n) is 4.22. The first kappa shape index (κ1) is 12.4. The van der Waals surface area contributed by atoms with Crippen molar-refractivity contribution in [1.29, 1.82) is 0 Å². The fourth-order valence-corrected chi connectivity index (χ4v) is 2.05. The smallest absolute Gasteiger partial charge is 0.235 e. The van der Waals surface area contributed by atoms with E-state index in [0.29, 0.717) is 12.5 Å². The lowest BCUT2D eigenvalue weighted by molar-refractivity contribution is -0.122. The van der Waals surface area contributed by atoms with E-state index in [2.05, 4.69) is 17.2 Å². The number of rotatable bonds is 4. The zero-order chi connectivity index (χ0) is 11.4. The van der Waals surface area contributed by atoms with Crippen molar-refractivity contribution < 1.29 is 9.53 Å². The lowest BCUT2D eigenvalue weighted by Crippen LogP contribution is -2.45. The molecule has 0 bridgehead atoms. The van der Waals surface area contributed by atoms with Gasteiger partial charge in [0.15, 0.2) is 0 Å². The fraction of sp³-hybridized carbons (Fsp3) is 0.900. The van der Waals surface area contributed by atoms with Gasteiger partial charge in [-0.25, -0.2) is 5.84 Å². The zero-order valence-electron chi connectivity index (χ0n) is 9.69. The molecule has 5 nitrogen and oxygen atoms in total. The molecule has 1 heterocycles. The molecule has 3 atom stereocenters. The van der Waals surface area contributed by atoms with Crippen LogP contribution in [0.4, 0.5) is 0 Å². The maximum Gasteiger partial charge on any atom is 0.235 e. The van der Waals surface area contributed by atoms with Gasteiger partial charge >= 0.3 is 0 Å². The van der Waals surface area contributed by atoms with Crippen molar-refractivity contribution >= 4 is 5.91 Å². The molecule has 88 valence electrons. The molecular weight excluding hydrogens is 194 g/mol. The van der Waals surface area contributed by atoms with E-state index in [1.54, 1.807) is 0 Å². The van der Waals surface area contributed by atoms with Gasteiger partial charge in [0.25, 0.3) is 0 Å². The summed E-state index contributed by atoms with van der Waals surface area (Å²) in [6.45, 7) is 4.91. The van der Waals surface area contributed by atoms with Crippen molar-refractivity contribution in [3.05, 3.63) is 0 Å². The molecule has 0 aliphatic carbocycles. The Morgan fingerprint density at radius 2 is 2.40 bits per heavy atom. The van der Waals surface area contributed by atoms with Crippen LogP contribution in [-0.2, 0) is 9.53 Å². The van der Waals surface area contributed by atoms with E-state index in [4.69, 9.17) is 10.6 Å². The van der Waals surface area contributed by atoms with Crippen molar-refractivity contribution in [1.82, 2.24) is 10.3 Å². The van der Waals surface area contributed by atoms with Crippen LogP contribution in [0.1, 0.15) is 26.7 Å². The first-order valence-electron chi connectivity index (χ1n) is 5.39. The van der Waals surface area contributed by atoms with Crippen LogP contribution in [0, 0.1) is 0 Å².